The maximum absolute atomic E-state index is 12.0. The van der Waals surface area contributed by atoms with Crippen LogP contribution in [0.2, 0.25) is 0 Å². The number of benzene rings is 1. The summed E-state index contributed by atoms with van der Waals surface area (Å²) >= 11 is 0. The minimum absolute atomic E-state index is 0.0865. The van der Waals surface area contributed by atoms with Crippen molar-refractivity contribution in [2.75, 3.05) is 19.9 Å². The summed E-state index contributed by atoms with van der Waals surface area (Å²) < 4.78 is 30.5. The number of ether oxygens (including phenoxy) is 1. The molecule has 0 radical (unpaired) electrons. The van der Waals surface area contributed by atoms with E-state index in [2.05, 4.69) is 5.32 Å². The third-order valence-corrected chi connectivity index (χ3v) is 4.87. The molecule has 0 aliphatic heterocycles. The lowest BCUT2D eigenvalue weighted by Crippen LogP contribution is -2.37. The highest BCUT2D eigenvalue weighted by atomic mass is 32.2. The summed E-state index contributed by atoms with van der Waals surface area (Å²) in [6.07, 6.45) is 2.12. The van der Waals surface area contributed by atoms with Gasteiger partial charge in [-0.15, -0.1) is 0 Å². The molecular formula is C16H26N2O4S. The molecule has 1 atom stereocenters. The highest BCUT2D eigenvalue weighted by Gasteiger charge is 2.20. The number of nitrogens with zero attached hydrogens (tertiary/aromatic N) is 1. The summed E-state index contributed by atoms with van der Waals surface area (Å²) in [4.78, 5) is 11.9. The molecule has 1 rings (SSSR count). The van der Waals surface area contributed by atoms with Crippen molar-refractivity contribution in [2.24, 2.45) is 0 Å². The number of para-hydroxylation sites is 1. The van der Waals surface area contributed by atoms with Crippen LogP contribution in [0.5, 0.6) is 5.75 Å². The van der Waals surface area contributed by atoms with Crippen LogP contribution in [0.1, 0.15) is 32.3 Å². The van der Waals surface area contributed by atoms with Gasteiger partial charge in [0.2, 0.25) is 15.9 Å². The molecule has 1 aromatic carbocycles. The van der Waals surface area contributed by atoms with Crippen LogP contribution in [-0.2, 0) is 21.4 Å². The minimum atomic E-state index is -3.42. The molecule has 6 nitrogen and oxygen atoms in total. The quantitative estimate of drug-likeness (QED) is 0.742. The fraction of sp³-hybridized carbons (Fsp3) is 0.562. The number of hydrogen-bond donors (Lipinski definition) is 1. The molecule has 130 valence electrons. The molecule has 0 aliphatic carbocycles. The first-order valence-corrected chi connectivity index (χ1v) is 9.49. The SMILES string of the molecule is CCC(C)NC(=O)CCN(Cc1ccccc1OC)S(C)(=O)=O. The molecule has 0 saturated heterocycles. The van der Waals surface area contributed by atoms with Crippen molar-refractivity contribution in [2.45, 2.75) is 39.3 Å². The molecule has 1 aromatic rings. The second-order valence-electron chi connectivity index (χ2n) is 5.54. The van der Waals surface area contributed by atoms with Crippen LogP contribution in [0.3, 0.4) is 0 Å². The summed E-state index contributed by atoms with van der Waals surface area (Å²) in [7, 11) is -1.88. The van der Waals surface area contributed by atoms with E-state index in [0.29, 0.717) is 5.75 Å². The Morgan fingerprint density at radius 2 is 2.00 bits per heavy atom. The monoisotopic (exact) mass is 342 g/mol. The van der Waals surface area contributed by atoms with Gasteiger partial charge in [-0.1, -0.05) is 25.1 Å². The molecule has 1 unspecified atom stereocenters. The van der Waals surface area contributed by atoms with Crippen LogP contribution < -0.4 is 10.1 Å². The molecule has 0 saturated carbocycles. The van der Waals surface area contributed by atoms with Gasteiger partial charge in [0.25, 0.3) is 0 Å². The molecule has 0 aromatic heterocycles. The Morgan fingerprint density at radius 1 is 1.35 bits per heavy atom. The van der Waals surface area contributed by atoms with Crippen molar-refractivity contribution in [3.05, 3.63) is 29.8 Å². The number of methoxy groups -OCH3 is 1. The zero-order valence-corrected chi connectivity index (χ0v) is 15.0. The molecule has 1 N–H and O–H groups in total. The Labute approximate surface area is 138 Å². The van der Waals surface area contributed by atoms with Crippen LogP contribution in [0.15, 0.2) is 24.3 Å². The maximum atomic E-state index is 12.0. The summed E-state index contributed by atoms with van der Waals surface area (Å²) in [5.74, 6) is 0.484. The smallest absolute Gasteiger partial charge is 0.221 e. The predicted molar refractivity (Wildman–Crippen MR) is 90.8 cm³/mol. The van der Waals surface area contributed by atoms with Crippen molar-refractivity contribution in [1.82, 2.24) is 9.62 Å². The molecular weight excluding hydrogens is 316 g/mol. The number of rotatable bonds is 9. The highest BCUT2D eigenvalue weighted by Crippen LogP contribution is 2.20. The summed E-state index contributed by atoms with van der Waals surface area (Å²) in [6, 6.07) is 7.34. The third kappa shape index (κ3) is 6.58. The summed E-state index contributed by atoms with van der Waals surface area (Å²) in [6.45, 7) is 4.22. The summed E-state index contributed by atoms with van der Waals surface area (Å²) in [5, 5.41) is 2.84. The van der Waals surface area contributed by atoms with Crippen molar-refractivity contribution in [3.63, 3.8) is 0 Å². The van der Waals surface area contributed by atoms with Gasteiger partial charge >= 0.3 is 0 Å². The fourth-order valence-corrected chi connectivity index (χ4v) is 2.86. The molecule has 0 fully saturated rings. The first-order chi connectivity index (χ1) is 10.8. The molecule has 7 heteroatoms. The van der Waals surface area contributed by atoms with E-state index in [1.54, 1.807) is 13.2 Å². The van der Waals surface area contributed by atoms with E-state index in [4.69, 9.17) is 4.74 Å². The van der Waals surface area contributed by atoms with E-state index in [1.807, 2.05) is 32.0 Å². The van der Waals surface area contributed by atoms with Gasteiger partial charge in [0.15, 0.2) is 0 Å². The highest BCUT2D eigenvalue weighted by molar-refractivity contribution is 7.88. The van der Waals surface area contributed by atoms with Gasteiger partial charge in [0, 0.05) is 31.1 Å². The number of amides is 1. The van der Waals surface area contributed by atoms with Gasteiger partial charge in [-0.25, -0.2) is 8.42 Å². The van der Waals surface area contributed by atoms with Crippen LogP contribution in [0, 0.1) is 0 Å². The Bertz CT molecular complexity index is 616. The maximum Gasteiger partial charge on any atom is 0.221 e. The number of sulfonamides is 1. The number of hydrogen-bond acceptors (Lipinski definition) is 4. The first kappa shape index (κ1) is 19.4. The van der Waals surface area contributed by atoms with Gasteiger partial charge < -0.3 is 10.1 Å². The van der Waals surface area contributed by atoms with Gasteiger partial charge in [0.05, 0.1) is 13.4 Å². The average Bonchev–Trinajstić information content (AvgIpc) is 2.50. The minimum Gasteiger partial charge on any atom is -0.496 e. The number of nitrogens with one attached hydrogen (secondary N) is 1. The zero-order valence-electron chi connectivity index (χ0n) is 14.2. The molecule has 0 spiro atoms. The lowest BCUT2D eigenvalue weighted by Gasteiger charge is -2.21. The van der Waals surface area contributed by atoms with Gasteiger partial charge in [0.1, 0.15) is 5.75 Å². The molecule has 0 bridgehead atoms. The Kier molecular flexibility index (Phi) is 7.51. The molecule has 0 aliphatic rings. The summed E-state index contributed by atoms with van der Waals surface area (Å²) in [5.41, 5.74) is 0.766. The van der Waals surface area contributed by atoms with Crippen molar-refractivity contribution in [1.29, 1.82) is 0 Å². The molecule has 0 heterocycles. The van der Waals surface area contributed by atoms with Gasteiger partial charge in [-0.3, -0.25) is 4.79 Å². The molecule has 1 amide bonds. The second kappa shape index (κ2) is 8.88. The third-order valence-electron chi connectivity index (χ3n) is 3.62. The average molecular weight is 342 g/mol. The van der Waals surface area contributed by atoms with Gasteiger partial charge in [-0.2, -0.15) is 4.31 Å². The lowest BCUT2D eigenvalue weighted by molar-refractivity contribution is -0.121. The Balaban J connectivity index is 2.77. The van der Waals surface area contributed by atoms with Crippen molar-refractivity contribution >= 4 is 15.9 Å². The van der Waals surface area contributed by atoms with Crippen LogP contribution in [0.25, 0.3) is 0 Å². The first-order valence-electron chi connectivity index (χ1n) is 7.64. The number of carbonyl (C=O) groups excluding carboxylic acids is 1. The predicted octanol–water partition coefficient (Wildman–Crippen LogP) is 1.76. The number of carbonyl (C=O) groups is 1. The Hall–Kier alpha value is -1.60. The second-order valence-corrected chi connectivity index (χ2v) is 7.52. The van der Waals surface area contributed by atoms with Crippen LogP contribution in [0.4, 0.5) is 0 Å². The van der Waals surface area contributed by atoms with E-state index in [9.17, 15) is 13.2 Å². The fourth-order valence-electron chi connectivity index (χ4n) is 2.06. The van der Waals surface area contributed by atoms with E-state index in [1.165, 1.54) is 4.31 Å². The normalized spacial score (nSPS) is 12.9. The van der Waals surface area contributed by atoms with E-state index < -0.39 is 10.0 Å². The van der Waals surface area contributed by atoms with E-state index in [0.717, 1.165) is 18.2 Å². The van der Waals surface area contributed by atoms with Crippen molar-refractivity contribution < 1.29 is 17.9 Å². The largest absolute Gasteiger partial charge is 0.496 e. The van der Waals surface area contributed by atoms with Crippen LogP contribution >= 0.6 is 0 Å². The molecule has 23 heavy (non-hydrogen) atoms. The van der Waals surface area contributed by atoms with E-state index >= 15 is 0 Å². The topological polar surface area (TPSA) is 75.7 Å². The van der Waals surface area contributed by atoms with Crippen LogP contribution in [-0.4, -0.2) is 44.6 Å². The zero-order chi connectivity index (χ0) is 17.5. The van der Waals surface area contributed by atoms with E-state index in [-0.39, 0.29) is 31.5 Å². The lowest BCUT2D eigenvalue weighted by atomic mass is 10.2. The standard InChI is InChI=1S/C16H26N2O4S/c1-5-13(2)17-16(19)10-11-18(23(4,20)21)12-14-8-6-7-9-15(14)22-3/h6-9,13H,5,10-12H2,1-4H3,(H,17,19). The van der Waals surface area contributed by atoms with Gasteiger partial charge in [-0.05, 0) is 19.4 Å². The van der Waals surface area contributed by atoms with Crippen molar-refractivity contribution in [3.8, 4) is 5.75 Å². The Morgan fingerprint density at radius 3 is 2.57 bits per heavy atom.